The highest BCUT2D eigenvalue weighted by Gasteiger charge is 2.64. The molecule has 4 aliphatic carbocycles. The van der Waals surface area contributed by atoms with Crippen molar-refractivity contribution in [3.63, 3.8) is 0 Å². The average Bonchev–Trinajstić information content (AvgIpc) is 3.10. The van der Waals surface area contributed by atoms with Crippen molar-refractivity contribution in [2.45, 2.75) is 63.3 Å². The Balaban J connectivity index is 1.68. The van der Waals surface area contributed by atoms with Crippen LogP contribution in [0.2, 0.25) is 0 Å². The third-order valence-corrected chi connectivity index (χ3v) is 9.09. The van der Waals surface area contributed by atoms with E-state index in [1.165, 1.54) is 28.0 Å². The molecule has 0 bridgehead atoms. The molecule has 2 saturated carbocycles. The average molecular weight is 429 g/mol. The second-order valence-corrected chi connectivity index (χ2v) is 10.6. The van der Waals surface area contributed by atoms with Crippen LogP contribution in [0.1, 0.15) is 63.4 Å². The number of nitroso groups, excluding NO2 is 1. The summed E-state index contributed by atoms with van der Waals surface area (Å²) in [4.78, 5) is 26.4. The number of carbonyl (C=O) groups excluding carboxylic acids is 1. The Hall–Kier alpha value is -2.67. The Morgan fingerprint density at radius 3 is 2.53 bits per heavy atom. The van der Waals surface area contributed by atoms with Crippen LogP contribution >= 0.6 is 0 Å². The number of ketones is 1. The first-order valence-electron chi connectivity index (χ1n) is 11.9. The highest BCUT2D eigenvalue weighted by Crippen LogP contribution is 2.67. The summed E-state index contributed by atoms with van der Waals surface area (Å²) in [6.45, 7) is 2.23. The molecule has 4 heteroatoms. The molecular formula is C28H32N2O2. The predicted octanol–water partition coefficient (Wildman–Crippen LogP) is 5.79. The molecule has 2 fully saturated rings. The lowest BCUT2D eigenvalue weighted by molar-refractivity contribution is -0.114. The molecule has 0 aromatic heterocycles. The number of nitrogens with zero attached hydrogens (tertiary/aromatic N) is 2. The molecule has 5 rings (SSSR count). The number of hydrogen-bond donors (Lipinski definition) is 0. The van der Waals surface area contributed by atoms with E-state index in [0.717, 1.165) is 32.1 Å². The summed E-state index contributed by atoms with van der Waals surface area (Å²) in [5.41, 5.74) is 5.41. The van der Waals surface area contributed by atoms with Crippen LogP contribution in [0.4, 0.5) is 5.69 Å². The fraction of sp³-hybridized carbons (Fsp3) is 0.536. The van der Waals surface area contributed by atoms with Gasteiger partial charge in [-0.15, -0.1) is 11.3 Å². The standard InChI is InChI=1S/C28H32N2O2/c1-5-28(29-32)15-14-25-23-12-8-19-16-21(31)11-13-22(19)26(23)24(17-27(25,28)2)18-6-9-20(10-7-18)30(3)4/h1,6-7,9-10,16,23-25H,8,11-15,17H2,2-4H3/t23?,24-,25?,27?,28-/m1/s1. The van der Waals surface area contributed by atoms with Gasteiger partial charge in [0.15, 0.2) is 11.3 Å². The molecule has 0 saturated heterocycles. The van der Waals surface area contributed by atoms with Crippen LogP contribution in [0.25, 0.3) is 0 Å². The summed E-state index contributed by atoms with van der Waals surface area (Å²) in [5.74, 6) is 4.10. The van der Waals surface area contributed by atoms with Gasteiger partial charge >= 0.3 is 0 Å². The summed E-state index contributed by atoms with van der Waals surface area (Å²) in [5, 5.41) is 3.62. The van der Waals surface area contributed by atoms with Gasteiger partial charge in [0.2, 0.25) is 0 Å². The Morgan fingerprint density at radius 1 is 1.12 bits per heavy atom. The SMILES string of the molecule is C#C[C@@]1(N=O)CCC2C3CCC4=CC(=O)CCC4=C3[C@@H](c3ccc(N(C)C)cc3)CC21C. The largest absolute Gasteiger partial charge is 0.378 e. The van der Waals surface area contributed by atoms with E-state index in [1.54, 1.807) is 0 Å². The predicted molar refractivity (Wildman–Crippen MR) is 128 cm³/mol. The zero-order valence-corrected chi connectivity index (χ0v) is 19.4. The molecule has 5 atom stereocenters. The quantitative estimate of drug-likeness (QED) is 0.452. The van der Waals surface area contributed by atoms with E-state index in [-0.39, 0.29) is 17.1 Å². The first-order valence-corrected chi connectivity index (χ1v) is 11.9. The van der Waals surface area contributed by atoms with Crippen LogP contribution in [-0.2, 0) is 4.79 Å². The van der Waals surface area contributed by atoms with Crippen molar-refractivity contribution < 1.29 is 4.79 Å². The van der Waals surface area contributed by atoms with Gasteiger partial charge in [0, 0.05) is 37.5 Å². The molecule has 0 N–H and O–H groups in total. The topological polar surface area (TPSA) is 49.7 Å². The van der Waals surface area contributed by atoms with Crippen LogP contribution in [0.5, 0.6) is 0 Å². The van der Waals surface area contributed by atoms with Gasteiger partial charge in [0.05, 0.1) is 0 Å². The summed E-state index contributed by atoms with van der Waals surface area (Å²) < 4.78 is 0. The Labute approximate surface area is 191 Å². The van der Waals surface area contributed by atoms with Crippen molar-refractivity contribution in [3.05, 3.63) is 57.5 Å². The number of hydrogen-bond acceptors (Lipinski definition) is 4. The van der Waals surface area contributed by atoms with Crippen molar-refractivity contribution in [1.29, 1.82) is 0 Å². The normalized spacial score (nSPS) is 35.9. The van der Waals surface area contributed by atoms with Crippen molar-refractivity contribution in [2.75, 3.05) is 19.0 Å². The molecule has 166 valence electrons. The summed E-state index contributed by atoms with van der Waals surface area (Å²) >= 11 is 0. The number of terminal acetylenes is 1. The van der Waals surface area contributed by atoms with E-state index in [2.05, 4.69) is 61.3 Å². The molecule has 1 aromatic carbocycles. The molecule has 4 aliphatic rings. The number of rotatable bonds is 3. The van der Waals surface area contributed by atoms with E-state index < -0.39 is 5.54 Å². The smallest absolute Gasteiger partial charge is 0.168 e. The van der Waals surface area contributed by atoms with Crippen molar-refractivity contribution >= 4 is 11.5 Å². The maximum absolute atomic E-state index is 12.2. The van der Waals surface area contributed by atoms with Gasteiger partial charge in [-0.05, 0) is 90.5 Å². The van der Waals surface area contributed by atoms with E-state index in [4.69, 9.17) is 6.42 Å². The molecule has 0 spiro atoms. The lowest BCUT2D eigenvalue weighted by Gasteiger charge is -2.53. The molecule has 32 heavy (non-hydrogen) atoms. The minimum Gasteiger partial charge on any atom is -0.378 e. The number of carbonyl (C=O) groups is 1. The zero-order chi connectivity index (χ0) is 22.7. The van der Waals surface area contributed by atoms with Gasteiger partial charge in [-0.3, -0.25) is 4.79 Å². The van der Waals surface area contributed by atoms with Crippen LogP contribution in [0.15, 0.2) is 52.2 Å². The van der Waals surface area contributed by atoms with E-state index in [0.29, 0.717) is 24.7 Å². The highest BCUT2D eigenvalue weighted by molar-refractivity contribution is 5.93. The van der Waals surface area contributed by atoms with Gasteiger partial charge in [-0.2, -0.15) is 0 Å². The third-order valence-electron chi connectivity index (χ3n) is 9.09. The third kappa shape index (κ3) is 2.86. The maximum atomic E-state index is 12.2. The Morgan fingerprint density at radius 2 is 1.88 bits per heavy atom. The fourth-order valence-corrected chi connectivity index (χ4v) is 7.38. The second-order valence-electron chi connectivity index (χ2n) is 10.6. The monoisotopic (exact) mass is 428 g/mol. The van der Waals surface area contributed by atoms with Gasteiger partial charge in [0.25, 0.3) is 0 Å². The summed E-state index contributed by atoms with van der Waals surface area (Å²) in [6, 6.07) is 8.83. The van der Waals surface area contributed by atoms with Crippen LogP contribution in [0.3, 0.4) is 0 Å². The fourth-order valence-electron chi connectivity index (χ4n) is 7.38. The highest BCUT2D eigenvalue weighted by atomic mass is 16.3. The van der Waals surface area contributed by atoms with E-state index in [1.807, 2.05) is 6.08 Å². The van der Waals surface area contributed by atoms with Crippen molar-refractivity contribution in [2.24, 2.45) is 22.4 Å². The molecule has 0 radical (unpaired) electrons. The molecule has 1 aromatic rings. The van der Waals surface area contributed by atoms with Gasteiger partial charge < -0.3 is 4.90 Å². The molecule has 0 heterocycles. The molecule has 4 nitrogen and oxygen atoms in total. The number of benzene rings is 1. The molecule has 0 amide bonds. The lowest BCUT2D eigenvalue weighted by atomic mass is 9.51. The maximum Gasteiger partial charge on any atom is 0.168 e. The number of anilines is 1. The summed E-state index contributed by atoms with van der Waals surface area (Å²) in [6.07, 6.45) is 13.8. The molecular weight excluding hydrogens is 396 g/mol. The molecule has 0 aliphatic heterocycles. The van der Waals surface area contributed by atoms with E-state index in [9.17, 15) is 9.70 Å². The van der Waals surface area contributed by atoms with Crippen molar-refractivity contribution in [1.82, 2.24) is 0 Å². The lowest BCUT2D eigenvalue weighted by Crippen LogP contribution is -2.50. The number of fused-ring (bicyclic) bond motifs is 4. The zero-order valence-electron chi connectivity index (χ0n) is 19.4. The second kappa shape index (κ2) is 7.44. The minimum atomic E-state index is -0.922. The van der Waals surface area contributed by atoms with E-state index >= 15 is 0 Å². The molecule has 3 unspecified atom stereocenters. The van der Waals surface area contributed by atoms with Crippen LogP contribution in [-0.4, -0.2) is 25.4 Å². The Kier molecular flexibility index (Phi) is 4.93. The Bertz CT molecular complexity index is 1070. The van der Waals surface area contributed by atoms with Gasteiger partial charge in [-0.1, -0.05) is 30.6 Å². The number of allylic oxidation sites excluding steroid dienone is 4. The summed E-state index contributed by atoms with van der Waals surface area (Å²) in [7, 11) is 4.10. The minimum absolute atomic E-state index is 0.205. The van der Waals surface area contributed by atoms with Gasteiger partial charge in [0.1, 0.15) is 0 Å². The first-order chi connectivity index (χ1) is 15.3. The van der Waals surface area contributed by atoms with Gasteiger partial charge in [-0.25, -0.2) is 0 Å². The van der Waals surface area contributed by atoms with Crippen molar-refractivity contribution in [3.8, 4) is 12.3 Å². The first kappa shape index (κ1) is 21.2. The van der Waals surface area contributed by atoms with Crippen LogP contribution < -0.4 is 4.90 Å². The van der Waals surface area contributed by atoms with Crippen LogP contribution in [0, 0.1) is 34.5 Å².